The van der Waals surface area contributed by atoms with Crippen LogP contribution in [0.1, 0.15) is 20.3 Å². The first-order valence-corrected chi connectivity index (χ1v) is 6.90. The second-order valence-electron chi connectivity index (χ2n) is 5.02. The SMILES string of the molecule is CC(O)CN(CCC(=O)O)C(C)C(=O)Nc1ccccc1. The van der Waals surface area contributed by atoms with Crippen molar-refractivity contribution in [3.8, 4) is 0 Å². The summed E-state index contributed by atoms with van der Waals surface area (Å²) in [7, 11) is 0. The summed E-state index contributed by atoms with van der Waals surface area (Å²) in [5, 5.41) is 21.0. The minimum Gasteiger partial charge on any atom is -0.481 e. The number of carboxylic acid groups (broad SMARTS) is 1. The molecular weight excluding hydrogens is 272 g/mol. The van der Waals surface area contributed by atoms with E-state index in [2.05, 4.69) is 5.32 Å². The number of anilines is 1. The average Bonchev–Trinajstić information content (AvgIpc) is 2.43. The fraction of sp³-hybridized carbons (Fsp3) is 0.467. The fourth-order valence-electron chi connectivity index (χ4n) is 1.96. The van der Waals surface area contributed by atoms with Crippen LogP contribution in [0.4, 0.5) is 5.69 Å². The van der Waals surface area contributed by atoms with Crippen LogP contribution in [0.5, 0.6) is 0 Å². The van der Waals surface area contributed by atoms with Gasteiger partial charge in [0.1, 0.15) is 0 Å². The van der Waals surface area contributed by atoms with Crippen molar-refractivity contribution in [2.45, 2.75) is 32.4 Å². The summed E-state index contributed by atoms with van der Waals surface area (Å²) >= 11 is 0. The molecule has 1 rings (SSSR count). The number of aliphatic hydroxyl groups excluding tert-OH is 1. The molecule has 1 aromatic carbocycles. The van der Waals surface area contributed by atoms with Crippen molar-refractivity contribution in [2.24, 2.45) is 0 Å². The molecule has 0 saturated carbocycles. The number of nitrogens with one attached hydrogen (secondary N) is 1. The number of carbonyl (C=O) groups is 2. The average molecular weight is 294 g/mol. The quantitative estimate of drug-likeness (QED) is 0.669. The van der Waals surface area contributed by atoms with E-state index in [1.807, 2.05) is 18.2 Å². The Morgan fingerprint density at radius 3 is 2.38 bits per heavy atom. The van der Waals surface area contributed by atoms with Gasteiger partial charge in [-0.3, -0.25) is 14.5 Å². The van der Waals surface area contributed by atoms with E-state index >= 15 is 0 Å². The van der Waals surface area contributed by atoms with E-state index in [0.717, 1.165) is 0 Å². The molecule has 2 atom stereocenters. The van der Waals surface area contributed by atoms with Crippen molar-refractivity contribution < 1.29 is 19.8 Å². The molecule has 0 aliphatic rings. The molecule has 0 spiro atoms. The number of benzene rings is 1. The molecule has 1 aromatic rings. The Morgan fingerprint density at radius 1 is 1.24 bits per heavy atom. The van der Waals surface area contributed by atoms with E-state index in [4.69, 9.17) is 5.11 Å². The number of para-hydroxylation sites is 1. The van der Waals surface area contributed by atoms with Crippen molar-refractivity contribution in [1.29, 1.82) is 0 Å². The minimum atomic E-state index is -0.929. The Balaban J connectivity index is 2.66. The normalized spacial score (nSPS) is 13.7. The van der Waals surface area contributed by atoms with Gasteiger partial charge in [-0.2, -0.15) is 0 Å². The summed E-state index contributed by atoms with van der Waals surface area (Å²) < 4.78 is 0. The van der Waals surface area contributed by atoms with Gasteiger partial charge in [-0.05, 0) is 26.0 Å². The van der Waals surface area contributed by atoms with Gasteiger partial charge in [-0.1, -0.05) is 18.2 Å². The predicted molar refractivity (Wildman–Crippen MR) is 80.0 cm³/mol. The van der Waals surface area contributed by atoms with Gasteiger partial charge >= 0.3 is 5.97 Å². The molecule has 116 valence electrons. The van der Waals surface area contributed by atoms with Crippen LogP contribution in [0.25, 0.3) is 0 Å². The first-order valence-electron chi connectivity index (χ1n) is 6.90. The third-order valence-electron chi connectivity index (χ3n) is 3.08. The highest BCUT2D eigenvalue weighted by atomic mass is 16.4. The minimum absolute atomic E-state index is 0.0737. The Morgan fingerprint density at radius 2 is 1.86 bits per heavy atom. The third kappa shape index (κ3) is 6.37. The van der Waals surface area contributed by atoms with Crippen LogP contribution in [0.15, 0.2) is 30.3 Å². The fourth-order valence-corrected chi connectivity index (χ4v) is 1.96. The zero-order valence-electron chi connectivity index (χ0n) is 12.3. The van der Waals surface area contributed by atoms with Crippen molar-refractivity contribution >= 4 is 17.6 Å². The van der Waals surface area contributed by atoms with E-state index in [-0.39, 0.29) is 25.4 Å². The second kappa shape index (κ2) is 8.39. The van der Waals surface area contributed by atoms with Crippen LogP contribution in [-0.2, 0) is 9.59 Å². The Labute approximate surface area is 124 Å². The molecule has 6 nitrogen and oxygen atoms in total. The first-order chi connectivity index (χ1) is 9.90. The van der Waals surface area contributed by atoms with Crippen molar-refractivity contribution in [3.63, 3.8) is 0 Å². The van der Waals surface area contributed by atoms with Gasteiger partial charge in [-0.25, -0.2) is 0 Å². The maximum atomic E-state index is 12.2. The summed E-state index contributed by atoms with van der Waals surface area (Å²) in [4.78, 5) is 24.5. The lowest BCUT2D eigenvalue weighted by molar-refractivity contribution is -0.138. The standard InChI is InChI=1S/C15H22N2O4/c1-11(18)10-17(9-8-14(19)20)12(2)15(21)16-13-6-4-3-5-7-13/h3-7,11-12,18H,8-10H2,1-2H3,(H,16,21)(H,19,20). The number of carboxylic acids is 1. The molecule has 6 heteroatoms. The second-order valence-corrected chi connectivity index (χ2v) is 5.02. The van der Waals surface area contributed by atoms with Crippen LogP contribution < -0.4 is 5.32 Å². The summed E-state index contributed by atoms with van der Waals surface area (Å²) in [6, 6.07) is 8.52. The highest BCUT2D eigenvalue weighted by Gasteiger charge is 2.23. The van der Waals surface area contributed by atoms with Gasteiger partial charge in [0.25, 0.3) is 0 Å². The lowest BCUT2D eigenvalue weighted by atomic mass is 10.2. The van der Waals surface area contributed by atoms with Crippen LogP contribution in [0.2, 0.25) is 0 Å². The molecule has 2 unspecified atom stereocenters. The summed E-state index contributed by atoms with van der Waals surface area (Å²) in [6.45, 7) is 3.76. The van der Waals surface area contributed by atoms with E-state index in [1.165, 1.54) is 0 Å². The number of hydrogen-bond acceptors (Lipinski definition) is 4. The maximum Gasteiger partial charge on any atom is 0.304 e. The number of amides is 1. The number of nitrogens with zero attached hydrogens (tertiary/aromatic N) is 1. The molecule has 1 amide bonds. The van der Waals surface area contributed by atoms with E-state index < -0.39 is 18.1 Å². The Kier molecular flexibility index (Phi) is 6.84. The van der Waals surface area contributed by atoms with Crippen molar-refractivity contribution in [2.75, 3.05) is 18.4 Å². The summed E-state index contributed by atoms with van der Waals surface area (Å²) in [5.41, 5.74) is 0.685. The molecule has 0 aliphatic carbocycles. The third-order valence-corrected chi connectivity index (χ3v) is 3.08. The molecule has 0 aromatic heterocycles. The molecule has 3 N–H and O–H groups in total. The lowest BCUT2D eigenvalue weighted by Gasteiger charge is -2.28. The highest BCUT2D eigenvalue weighted by molar-refractivity contribution is 5.94. The number of aliphatic hydroxyl groups is 1. The molecular formula is C15H22N2O4. The van der Waals surface area contributed by atoms with Gasteiger partial charge in [0.15, 0.2) is 0 Å². The molecule has 0 aliphatic heterocycles. The molecule has 0 heterocycles. The van der Waals surface area contributed by atoms with Crippen molar-refractivity contribution in [1.82, 2.24) is 4.90 Å². The number of hydrogen-bond donors (Lipinski definition) is 3. The van der Waals surface area contributed by atoms with Crippen LogP contribution in [0.3, 0.4) is 0 Å². The van der Waals surface area contributed by atoms with E-state index in [1.54, 1.807) is 30.9 Å². The smallest absolute Gasteiger partial charge is 0.304 e. The van der Waals surface area contributed by atoms with E-state index in [0.29, 0.717) is 5.69 Å². The van der Waals surface area contributed by atoms with Gasteiger partial charge in [-0.15, -0.1) is 0 Å². The highest BCUT2D eigenvalue weighted by Crippen LogP contribution is 2.09. The maximum absolute atomic E-state index is 12.2. The number of carbonyl (C=O) groups excluding carboxylic acids is 1. The molecule has 21 heavy (non-hydrogen) atoms. The van der Waals surface area contributed by atoms with Crippen LogP contribution in [0, 0.1) is 0 Å². The van der Waals surface area contributed by atoms with Crippen molar-refractivity contribution in [3.05, 3.63) is 30.3 Å². The zero-order chi connectivity index (χ0) is 15.8. The summed E-state index contributed by atoms with van der Waals surface area (Å²) in [6.07, 6.45) is -0.707. The van der Waals surface area contributed by atoms with Crippen LogP contribution in [-0.4, -0.2) is 52.2 Å². The predicted octanol–water partition coefficient (Wildman–Crippen LogP) is 1.17. The monoisotopic (exact) mass is 294 g/mol. The Hall–Kier alpha value is -1.92. The molecule has 0 radical (unpaired) electrons. The summed E-state index contributed by atoms with van der Waals surface area (Å²) in [5.74, 6) is -1.16. The number of aliphatic carboxylic acids is 1. The van der Waals surface area contributed by atoms with Gasteiger partial charge < -0.3 is 15.5 Å². The zero-order valence-corrected chi connectivity index (χ0v) is 12.3. The molecule has 0 fully saturated rings. The van der Waals surface area contributed by atoms with Gasteiger partial charge in [0.05, 0.1) is 18.6 Å². The topological polar surface area (TPSA) is 89.9 Å². The Bertz CT molecular complexity index is 462. The van der Waals surface area contributed by atoms with Gasteiger partial charge in [0, 0.05) is 18.8 Å². The lowest BCUT2D eigenvalue weighted by Crippen LogP contribution is -2.45. The molecule has 0 saturated heterocycles. The van der Waals surface area contributed by atoms with Gasteiger partial charge in [0.2, 0.25) is 5.91 Å². The van der Waals surface area contributed by atoms with E-state index in [9.17, 15) is 14.7 Å². The first kappa shape index (κ1) is 17.1. The molecule has 0 bridgehead atoms. The largest absolute Gasteiger partial charge is 0.481 e. The van der Waals surface area contributed by atoms with Crippen LogP contribution >= 0.6 is 0 Å². The number of rotatable bonds is 8.